The number of hydrogen-bond donors (Lipinski definition) is 1. The fourth-order valence-corrected chi connectivity index (χ4v) is 2.74. The fourth-order valence-electron chi connectivity index (χ4n) is 2.50. The summed E-state index contributed by atoms with van der Waals surface area (Å²) in [6.45, 7) is -0.0745. The minimum Gasteiger partial charge on any atom is -0.497 e. The molecule has 1 N–H and O–H groups in total. The second kappa shape index (κ2) is 9.05. The Balaban J connectivity index is 1.50. The van der Waals surface area contributed by atoms with Gasteiger partial charge >= 0.3 is 5.97 Å². The van der Waals surface area contributed by atoms with Crippen molar-refractivity contribution in [2.24, 2.45) is 0 Å². The SMILES string of the molecule is COc1cccc(CNC(=O)COC(=O)/C=C/c2c(Cl)nc3ccccn23)c1. The van der Waals surface area contributed by atoms with E-state index in [1.54, 1.807) is 23.8 Å². The van der Waals surface area contributed by atoms with Crippen molar-refractivity contribution >= 4 is 35.2 Å². The lowest BCUT2D eigenvalue weighted by atomic mass is 10.2. The van der Waals surface area contributed by atoms with Crippen molar-refractivity contribution in [2.75, 3.05) is 13.7 Å². The number of carbonyl (C=O) groups is 2. The zero-order chi connectivity index (χ0) is 19.9. The summed E-state index contributed by atoms with van der Waals surface area (Å²) in [4.78, 5) is 27.9. The Morgan fingerprint density at radius 2 is 2.11 bits per heavy atom. The van der Waals surface area contributed by atoms with E-state index in [2.05, 4.69) is 10.3 Å². The number of pyridine rings is 1. The first kappa shape index (κ1) is 19.4. The van der Waals surface area contributed by atoms with Crippen molar-refractivity contribution in [3.8, 4) is 5.75 Å². The number of amides is 1. The maximum absolute atomic E-state index is 11.9. The average molecular weight is 400 g/mol. The fraction of sp³-hybridized carbons (Fsp3) is 0.150. The van der Waals surface area contributed by atoms with Crippen molar-refractivity contribution in [1.82, 2.24) is 14.7 Å². The number of aromatic nitrogens is 2. The molecule has 0 unspecified atom stereocenters. The van der Waals surface area contributed by atoms with Crippen LogP contribution in [0.3, 0.4) is 0 Å². The van der Waals surface area contributed by atoms with Crippen molar-refractivity contribution in [2.45, 2.75) is 6.54 Å². The van der Waals surface area contributed by atoms with E-state index >= 15 is 0 Å². The summed E-state index contributed by atoms with van der Waals surface area (Å²) in [5.74, 6) is -0.356. The van der Waals surface area contributed by atoms with E-state index in [-0.39, 0.29) is 11.8 Å². The summed E-state index contributed by atoms with van der Waals surface area (Å²) in [6, 6.07) is 12.8. The highest BCUT2D eigenvalue weighted by Gasteiger charge is 2.09. The smallest absolute Gasteiger partial charge is 0.331 e. The summed E-state index contributed by atoms with van der Waals surface area (Å²) < 4.78 is 11.8. The zero-order valence-corrected chi connectivity index (χ0v) is 15.8. The number of nitrogens with zero attached hydrogens (tertiary/aromatic N) is 2. The maximum atomic E-state index is 11.9. The van der Waals surface area contributed by atoms with Gasteiger partial charge in [-0.2, -0.15) is 0 Å². The molecule has 0 spiro atoms. The van der Waals surface area contributed by atoms with Gasteiger partial charge in [-0.3, -0.25) is 9.20 Å². The second-order valence-electron chi connectivity index (χ2n) is 5.79. The standard InChI is InChI=1S/C20H18ClN3O4/c1-27-15-6-4-5-14(11-15)12-22-18(25)13-28-19(26)9-8-16-20(21)23-17-7-2-3-10-24(16)17/h2-11H,12-13H2,1H3,(H,22,25)/b9-8+. The predicted octanol–water partition coefficient (Wildman–Crippen LogP) is 2.87. The molecule has 1 amide bonds. The number of nitrogens with one attached hydrogen (secondary N) is 1. The number of imidazole rings is 1. The predicted molar refractivity (Wildman–Crippen MR) is 105 cm³/mol. The van der Waals surface area contributed by atoms with Crippen LogP contribution in [0.1, 0.15) is 11.3 Å². The molecule has 0 saturated heterocycles. The molecule has 7 nitrogen and oxygen atoms in total. The lowest BCUT2D eigenvalue weighted by Gasteiger charge is -2.07. The summed E-state index contributed by atoms with van der Waals surface area (Å²) in [5.41, 5.74) is 2.09. The van der Waals surface area contributed by atoms with Crippen molar-refractivity contribution in [3.63, 3.8) is 0 Å². The van der Waals surface area contributed by atoms with E-state index in [0.29, 0.717) is 23.6 Å². The Bertz CT molecular complexity index is 1030. The van der Waals surface area contributed by atoms with Gasteiger partial charge in [-0.05, 0) is 35.9 Å². The lowest BCUT2D eigenvalue weighted by molar-refractivity contribution is -0.143. The van der Waals surface area contributed by atoms with E-state index in [1.807, 2.05) is 36.4 Å². The van der Waals surface area contributed by atoms with Crippen LogP contribution >= 0.6 is 11.6 Å². The number of halogens is 1. The molecule has 2 aromatic heterocycles. The van der Waals surface area contributed by atoms with Crippen molar-refractivity contribution < 1.29 is 19.1 Å². The molecule has 2 heterocycles. The van der Waals surface area contributed by atoms with Crippen LogP contribution in [-0.4, -0.2) is 35.0 Å². The zero-order valence-electron chi connectivity index (χ0n) is 15.1. The van der Waals surface area contributed by atoms with Crippen LogP contribution in [-0.2, 0) is 20.9 Å². The monoisotopic (exact) mass is 399 g/mol. The van der Waals surface area contributed by atoms with E-state index < -0.39 is 11.9 Å². The molecular weight excluding hydrogens is 382 g/mol. The van der Waals surface area contributed by atoms with Gasteiger partial charge in [0, 0.05) is 18.8 Å². The molecule has 3 rings (SSSR count). The molecule has 0 aliphatic heterocycles. The first-order valence-electron chi connectivity index (χ1n) is 8.44. The number of hydrogen-bond acceptors (Lipinski definition) is 5. The molecule has 0 atom stereocenters. The van der Waals surface area contributed by atoms with Crippen LogP contribution in [0, 0.1) is 0 Å². The molecule has 0 radical (unpaired) electrons. The first-order valence-corrected chi connectivity index (χ1v) is 8.81. The highest BCUT2D eigenvalue weighted by molar-refractivity contribution is 6.31. The van der Waals surface area contributed by atoms with Crippen LogP contribution in [0.25, 0.3) is 11.7 Å². The van der Waals surface area contributed by atoms with E-state index in [9.17, 15) is 9.59 Å². The molecule has 1 aromatic carbocycles. The van der Waals surface area contributed by atoms with Crippen LogP contribution in [0.5, 0.6) is 5.75 Å². The largest absolute Gasteiger partial charge is 0.497 e. The van der Waals surface area contributed by atoms with Gasteiger partial charge in [0.15, 0.2) is 11.8 Å². The molecule has 0 aliphatic carbocycles. The van der Waals surface area contributed by atoms with Crippen LogP contribution in [0.15, 0.2) is 54.7 Å². The Morgan fingerprint density at radius 3 is 2.93 bits per heavy atom. The lowest BCUT2D eigenvalue weighted by Crippen LogP contribution is -2.28. The third-order valence-corrected chi connectivity index (χ3v) is 4.15. The third-order valence-electron chi connectivity index (χ3n) is 3.87. The number of rotatable bonds is 7. The van der Waals surface area contributed by atoms with Gasteiger partial charge in [-0.25, -0.2) is 9.78 Å². The molecule has 0 aliphatic rings. The molecule has 0 bridgehead atoms. The van der Waals surface area contributed by atoms with Gasteiger partial charge < -0.3 is 14.8 Å². The number of fused-ring (bicyclic) bond motifs is 1. The van der Waals surface area contributed by atoms with E-state index in [1.165, 1.54) is 12.2 Å². The summed E-state index contributed by atoms with van der Waals surface area (Å²) >= 11 is 6.09. The highest BCUT2D eigenvalue weighted by Crippen LogP contribution is 2.18. The Kier molecular flexibility index (Phi) is 6.29. The summed E-state index contributed by atoms with van der Waals surface area (Å²) in [7, 11) is 1.57. The van der Waals surface area contributed by atoms with E-state index in [4.69, 9.17) is 21.1 Å². The number of carbonyl (C=O) groups excluding carboxylic acids is 2. The Labute approximate surface area is 166 Å². The minimum absolute atomic E-state index is 0.270. The second-order valence-corrected chi connectivity index (χ2v) is 6.14. The molecule has 144 valence electrons. The summed E-state index contributed by atoms with van der Waals surface area (Å²) in [6.07, 6.45) is 4.49. The normalized spacial score (nSPS) is 10.9. The quantitative estimate of drug-likeness (QED) is 0.488. The molecule has 3 aromatic rings. The third kappa shape index (κ3) is 4.89. The Hall–Kier alpha value is -3.32. The van der Waals surface area contributed by atoms with Crippen LogP contribution < -0.4 is 10.1 Å². The van der Waals surface area contributed by atoms with Gasteiger partial charge in [-0.15, -0.1) is 0 Å². The molecule has 28 heavy (non-hydrogen) atoms. The minimum atomic E-state index is -0.654. The van der Waals surface area contributed by atoms with Crippen molar-refractivity contribution in [3.05, 3.63) is 71.1 Å². The number of benzene rings is 1. The summed E-state index contributed by atoms with van der Waals surface area (Å²) in [5, 5.41) is 2.95. The highest BCUT2D eigenvalue weighted by atomic mass is 35.5. The topological polar surface area (TPSA) is 81.9 Å². The van der Waals surface area contributed by atoms with Crippen LogP contribution in [0.4, 0.5) is 0 Å². The average Bonchev–Trinajstić information content (AvgIpc) is 3.04. The van der Waals surface area contributed by atoms with Gasteiger partial charge in [0.2, 0.25) is 0 Å². The van der Waals surface area contributed by atoms with Gasteiger partial charge in [0.25, 0.3) is 5.91 Å². The Morgan fingerprint density at radius 1 is 1.25 bits per heavy atom. The molecule has 0 fully saturated rings. The number of ether oxygens (including phenoxy) is 2. The maximum Gasteiger partial charge on any atom is 0.331 e. The number of methoxy groups -OCH3 is 1. The molecule has 0 saturated carbocycles. The van der Waals surface area contributed by atoms with Gasteiger partial charge in [-0.1, -0.05) is 29.8 Å². The van der Waals surface area contributed by atoms with E-state index in [0.717, 1.165) is 5.56 Å². The van der Waals surface area contributed by atoms with Gasteiger partial charge in [0.05, 0.1) is 12.8 Å². The number of esters is 1. The van der Waals surface area contributed by atoms with Crippen molar-refractivity contribution in [1.29, 1.82) is 0 Å². The molecular formula is C20H18ClN3O4. The molecule has 8 heteroatoms. The van der Waals surface area contributed by atoms with Crippen LogP contribution in [0.2, 0.25) is 5.15 Å². The van der Waals surface area contributed by atoms with Gasteiger partial charge in [0.1, 0.15) is 11.4 Å². The first-order chi connectivity index (χ1) is 13.6.